The van der Waals surface area contributed by atoms with E-state index < -0.39 is 33.8 Å². The number of nitrogens with one attached hydrogen (secondary N) is 1. The molecule has 0 aliphatic carbocycles. The Labute approximate surface area is 169 Å². The number of fused-ring (bicyclic) bond motifs is 1. The van der Waals surface area contributed by atoms with Gasteiger partial charge in [0.25, 0.3) is 11.5 Å². The number of nitrogens with zero attached hydrogens (tertiary/aromatic N) is 3. The smallest absolute Gasteiger partial charge is 0.335 e. The third kappa shape index (κ3) is 4.60. The summed E-state index contributed by atoms with van der Waals surface area (Å²) < 4.78 is 36.6. The Bertz CT molecular complexity index is 1320. The summed E-state index contributed by atoms with van der Waals surface area (Å²) in [5, 5.41) is 0.672. The summed E-state index contributed by atoms with van der Waals surface area (Å²) in [5.41, 5.74) is 0.544. The zero-order chi connectivity index (χ0) is 21.3. The van der Waals surface area contributed by atoms with E-state index >= 15 is 0 Å². The van der Waals surface area contributed by atoms with E-state index in [0.29, 0.717) is 22.5 Å². The van der Waals surface area contributed by atoms with Crippen molar-refractivity contribution in [3.63, 3.8) is 0 Å². The van der Waals surface area contributed by atoms with Crippen LogP contribution in [0.25, 0.3) is 15.8 Å². The highest BCUT2D eigenvalue weighted by Gasteiger charge is 2.13. The molecule has 154 valence electrons. The number of hydrogen-bond donors (Lipinski definition) is 1. The van der Waals surface area contributed by atoms with Gasteiger partial charge in [-0.25, -0.2) is 17.8 Å². The molecule has 29 heavy (non-hydrogen) atoms. The highest BCUT2D eigenvalue weighted by molar-refractivity contribution is 7.89. The number of benzene rings is 1. The second kappa shape index (κ2) is 7.89. The molecule has 3 rings (SSSR count). The molecule has 0 spiro atoms. The summed E-state index contributed by atoms with van der Waals surface area (Å²) in [7, 11) is -2.07. The average Bonchev–Trinajstić information content (AvgIpc) is 3.01. The number of amides is 1. The van der Waals surface area contributed by atoms with Crippen LogP contribution in [-0.2, 0) is 33.2 Å². The van der Waals surface area contributed by atoms with Crippen molar-refractivity contribution >= 4 is 37.5 Å². The lowest BCUT2D eigenvalue weighted by atomic mass is 10.2. The van der Waals surface area contributed by atoms with E-state index in [-0.39, 0.29) is 6.61 Å². The number of sulfonamides is 1. The van der Waals surface area contributed by atoms with Crippen molar-refractivity contribution in [3.8, 4) is 5.69 Å². The van der Waals surface area contributed by atoms with Gasteiger partial charge in [0, 0.05) is 24.2 Å². The molecule has 0 bridgehead atoms. The van der Waals surface area contributed by atoms with E-state index in [1.54, 1.807) is 36.9 Å². The van der Waals surface area contributed by atoms with Gasteiger partial charge in [-0.1, -0.05) is 0 Å². The van der Waals surface area contributed by atoms with Crippen LogP contribution < -0.4 is 16.0 Å². The number of ether oxygens (including phenoxy) is 1. The molecule has 0 radical (unpaired) electrons. The Morgan fingerprint density at radius 2 is 2.00 bits per heavy atom. The Balaban J connectivity index is 1.89. The second-order valence-corrected chi connectivity index (χ2v) is 8.95. The van der Waals surface area contributed by atoms with Crippen LogP contribution in [0.1, 0.15) is 11.4 Å². The lowest BCUT2D eigenvalue weighted by Crippen LogP contribution is -2.38. The molecule has 0 saturated heterocycles. The normalized spacial score (nSPS) is 11.7. The molecule has 0 saturated carbocycles. The fourth-order valence-electron chi connectivity index (χ4n) is 2.67. The molecule has 2 aromatic heterocycles. The van der Waals surface area contributed by atoms with Crippen LogP contribution in [0.3, 0.4) is 0 Å². The molecule has 1 N–H and O–H groups in total. The molecular weight excluding hydrogens is 420 g/mol. The topological polar surface area (TPSA) is 129 Å². The summed E-state index contributed by atoms with van der Waals surface area (Å²) in [4.78, 5) is 36.4. The highest BCUT2D eigenvalue weighted by atomic mass is 32.2. The molecule has 12 heteroatoms. The molecule has 0 unspecified atom stereocenters. The minimum absolute atomic E-state index is 0.0402. The monoisotopic (exact) mass is 438 g/mol. The number of hydrogen-bond acceptors (Lipinski definition) is 8. The summed E-state index contributed by atoms with van der Waals surface area (Å²) in [5.74, 6) is -0.789. The van der Waals surface area contributed by atoms with Gasteiger partial charge in [-0.05, 0) is 36.7 Å². The van der Waals surface area contributed by atoms with Crippen molar-refractivity contribution in [2.45, 2.75) is 13.5 Å². The lowest BCUT2D eigenvalue weighted by Gasteiger charge is -2.09. The van der Waals surface area contributed by atoms with Crippen LogP contribution in [0.15, 0.2) is 33.9 Å². The fraction of sp³-hybridized carbons (Fsp3) is 0.294. The number of carbonyl (C=O) groups excluding carboxylic acids is 1. The van der Waals surface area contributed by atoms with Gasteiger partial charge >= 0.3 is 5.69 Å². The Morgan fingerprint density at radius 3 is 2.69 bits per heavy atom. The molecule has 2 heterocycles. The van der Waals surface area contributed by atoms with Gasteiger partial charge in [-0.2, -0.15) is 4.37 Å². The third-order valence-electron chi connectivity index (χ3n) is 4.12. The van der Waals surface area contributed by atoms with E-state index in [4.69, 9.17) is 4.74 Å². The summed E-state index contributed by atoms with van der Waals surface area (Å²) >= 11 is 1.20. The first-order valence-electron chi connectivity index (χ1n) is 8.33. The SMILES string of the molecule is Cc1cc(=O)n(-c2ccc3snc(COCC(=O)NS(C)(=O)=O)c3c2)c(=O)n1C. The van der Waals surface area contributed by atoms with Crippen LogP contribution in [0, 0.1) is 6.92 Å². The van der Waals surface area contributed by atoms with Crippen LogP contribution in [0.2, 0.25) is 0 Å². The Hall–Kier alpha value is -2.83. The molecule has 3 aromatic rings. The highest BCUT2D eigenvalue weighted by Crippen LogP contribution is 2.25. The quantitative estimate of drug-likeness (QED) is 0.575. The third-order valence-corrected chi connectivity index (χ3v) is 5.58. The van der Waals surface area contributed by atoms with Gasteiger partial charge in [-0.3, -0.25) is 14.3 Å². The molecule has 0 fully saturated rings. The molecule has 10 nitrogen and oxygen atoms in total. The van der Waals surface area contributed by atoms with Crippen LogP contribution in [0.5, 0.6) is 0 Å². The maximum atomic E-state index is 12.5. The average molecular weight is 438 g/mol. The standard InChI is InChI=1S/C17H18N4O6S2/c1-10-6-16(23)21(17(24)20(10)2)11-4-5-14-12(7-11)13(18-28-14)8-27-9-15(22)19-29(3,25)26/h4-7H,8-9H2,1-3H3,(H,19,22). The predicted octanol–water partition coefficient (Wildman–Crippen LogP) is 0.0467. The van der Waals surface area contributed by atoms with Crippen molar-refractivity contribution in [2.75, 3.05) is 12.9 Å². The zero-order valence-electron chi connectivity index (χ0n) is 15.8. The Morgan fingerprint density at radius 1 is 1.28 bits per heavy atom. The van der Waals surface area contributed by atoms with Gasteiger partial charge < -0.3 is 9.30 Å². The largest absolute Gasteiger partial charge is 0.365 e. The molecule has 0 atom stereocenters. The van der Waals surface area contributed by atoms with Gasteiger partial charge in [-0.15, -0.1) is 0 Å². The van der Waals surface area contributed by atoms with Crippen molar-refractivity contribution in [3.05, 3.63) is 56.5 Å². The van der Waals surface area contributed by atoms with E-state index in [2.05, 4.69) is 4.37 Å². The first kappa shape index (κ1) is 20.9. The molecule has 0 aliphatic rings. The zero-order valence-corrected chi connectivity index (χ0v) is 17.5. The van der Waals surface area contributed by atoms with Crippen molar-refractivity contribution in [1.29, 1.82) is 0 Å². The maximum Gasteiger partial charge on any atom is 0.335 e. The number of aromatic nitrogens is 3. The van der Waals surface area contributed by atoms with Crippen molar-refractivity contribution in [2.24, 2.45) is 7.05 Å². The molecule has 0 aliphatic heterocycles. The number of carbonyl (C=O) groups is 1. The minimum atomic E-state index is -3.65. The predicted molar refractivity (Wildman–Crippen MR) is 108 cm³/mol. The van der Waals surface area contributed by atoms with Crippen LogP contribution in [0.4, 0.5) is 0 Å². The molecular formula is C17H18N4O6S2. The maximum absolute atomic E-state index is 12.5. The summed E-state index contributed by atoms with van der Waals surface area (Å²) in [6.07, 6.45) is 0.873. The Kier molecular flexibility index (Phi) is 5.68. The van der Waals surface area contributed by atoms with E-state index in [1.165, 1.54) is 22.2 Å². The number of rotatable bonds is 6. The lowest BCUT2D eigenvalue weighted by molar-refractivity contribution is -0.124. The van der Waals surface area contributed by atoms with E-state index in [1.807, 2.05) is 0 Å². The van der Waals surface area contributed by atoms with Gasteiger partial charge in [0.1, 0.15) is 6.61 Å². The fourth-order valence-corrected chi connectivity index (χ4v) is 3.91. The van der Waals surface area contributed by atoms with E-state index in [9.17, 15) is 22.8 Å². The van der Waals surface area contributed by atoms with Gasteiger partial charge in [0.2, 0.25) is 10.0 Å². The minimum Gasteiger partial charge on any atom is -0.365 e. The molecule has 1 amide bonds. The van der Waals surface area contributed by atoms with Crippen LogP contribution in [-0.4, -0.2) is 40.7 Å². The van der Waals surface area contributed by atoms with Gasteiger partial charge in [0.15, 0.2) is 0 Å². The van der Waals surface area contributed by atoms with Crippen LogP contribution >= 0.6 is 11.5 Å². The first-order chi connectivity index (χ1) is 13.6. The van der Waals surface area contributed by atoms with Crippen molar-refractivity contribution in [1.82, 2.24) is 18.2 Å². The number of aryl methyl sites for hydroxylation is 1. The summed E-state index contributed by atoms with van der Waals surface area (Å²) in [6.45, 7) is 1.18. The van der Waals surface area contributed by atoms with Gasteiger partial charge in [0.05, 0.1) is 28.9 Å². The molecule has 1 aromatic carbocycles. The first-order valence-corrected chi connectivity index (χ1v) is 11.0. The van der Waals surface area contributed by atoms with Crippen molar-refractivity contribution < 1.29 is 17.9 Å². The second-order valence-electron chi connectivity index (χ2n) is 6.40. The van der Waals surface area contributed by atoms with E-state index in [0.717, 1.165) is 15.5 Å². The summed E-state index contributed by atoms with van der Waals surface area (Å²) in [6, 6.07) is 6.44.